The van der Waals surface area contributed by atoms with Gasteiger partial charge >= 0.3 is 5.97 Å². The molecule has 0 bridgehead atoms. The van der Waals surface area contributed by atoms with Gasteiger partial charge in [0.2, 0.25) is 0 Å². The second-order valence-corrected chi connectivity index (χ2v) is 23.1. The van der Waals surface area contributed by atoms with Gasteiger partial charge < -0.3 is 90.1 Å². The summed E-state index contributed by atoms with van der Waals surface area (Å²) in [4.78, 5) is 13.9. The van der Waals surface area contributed by atoms with Gasteiger partial charge in [-0.05, 0) is 104 Å². The van der Waals surface area contributed by atoms with E-state index in [0.29, 0.717) is 25.7 Å². The minimum absolute atomic E-state index is 0.0346. The molecule has 3 aliphatic heterocycles. The molecule has 0 amide bonds. The monoisotopic (exact) mass is 959 g/mol. The second-order valence-electron chi connectivity index (χ2n) is 23.1. The Bertz CT molecular complexity index is 1840. The van der Waals surface area contributed by atoms with Gasteiger partial charge in [0.1, 0.15) is 67.1 Å². The predicted molar refractivity (Wildman–Crippen MR) is 232 cm³/mol. The molecule has 28 unspecified atom stereocenters. The van der Waals surface area contributed by atoms with Crippen molar-refractivity contribution in [2.75, 3.05) is 19.8 Å². The maximum absolute atomic E-state index is 13.9. The molecule has 0 aromatic carbocycles. The first kappa shape index (κ1) is 51.9. The van der Waals surface area contributed by atoms with E-state index < -0.39 is 151 Å². The lowest BCUT2D eigenvalue weighted by Crippen LogP contribution is -2.69. The Hall–Kier alpha value is -1.47. The van der Waals surface area contributed by atoms with Crippen LogP contribution in [0.15, 0.2) is 11.6 Å². The maximum atomic E-state index is 13.9. The van der Waals surface area contributed by atoms with Crippen LogP contribution in [-0.2, 0) is 28.5 Å². The third-order valence-corrected chi connectivity index (χ3v) is 20.2. The highest BCUT2D eigenvalue weighted by atomic mass is 16.7. The number of hydrogen-bond acceptors (Lipinski definition) is 18. The molecule has 8 aliphatic rings. The van der Waals surface area contributed by atoms with Gasteiger partial charge in [0.05, 0.1) is 49.7 Å². The van der Waals surface area contributed by atoms with Crippen LogP contribution in [0.2, 0.25) is 0 Å². The molecule has 0 aromatic heterocycles. The molecular formula is C48H78O19. The number of aliphatic hydroxyl groups excluding tert-OH is 12. The number of rotatable bonds is 9. The van der Waals surface area contributed by atoms with Crippen molar-refractivity contribution in [1.82, 2.24) is 0 Å². The van der Waals surface area contributed by atoms with Crippen molar-refractivity contribution in [2.24, 2.45) is 62.6 Å². The summed E-state index contributed by atoms with van der Waals surface area (Å²) in [6, 6.07) is 0. The van der Waals surface area contributed by atoms with Gasteiger partial charge in [-0.25, -0.2) is 0 Å². The fourth-order valence-corrected chi connectivity index (χ4v) is 15.9. The van der Waals surface area contributed by atoms with Gasteiger partial charge in [-0.2, -0.15) is 0 Å². The highest BCUT2D eigenvalue weighted by Crippen LogP contribution is 2.76. The number of fused-ring (bicyclic) bond motifs is 7. The zero-order valence-corrected chi connectivity index (χ0v) is 39.7. The topological polar surface area (TPSA) is 326 Å². The largest absolute Gasteiger partial charge is 0.481 e. The Morgan fingerprint density at radius 3 is 2.01 bits per heavy atom. The van der Waals surface area contributed by atoms with Crippen LogP contribution < -0.4 is 0 Å². The van der Waals surface area contributed by atoms with Crippen LogP contribution in [0, 0.1) is 62.6 Å². The number of allylic oxidation sites excluding steroid dienone is 2. The van der Waals surface area contributed by atoms with E-state index in [1.807, 2.05) is 20.8 Å². The number of carboxylic acid groups (broad SMARTS) is 1. The summed E-state index contributed by atoms with van der Waals surface area (Å²) < 4.78 is 29.2. The fraction of sp³-hybridized carbons (Fsp3) is 0.938. The van der Waals surface area contributed by atoms with E-state index in [-0.39, 0.29) is 48.0 Å². The molecule has 3 heterocycles. The molecule has 5 aliphatic carbocycles. The fourth-order valence-electron chi connectivity index (χ4n) is 15.9. The van der Waals surface area contributed by atoms with Crippen LogP contribution in [0.25, 0.3) is 0 Å². The molecule has 67 heavy (non-hydrogen) atoms. The number of aliphatic carboxylic acids is 1. The quantitative estimate of drug-likeness (QED) is 0.120. The van der Waals surface area contributed by atoms with Crippen molar-refractivity contribution in [2.45, 2.75) is 198 Å². The SMILES string of the molecule is CC1OC(OC2C(CO)OC(OCC3OC(C4CC5(C(=O)O)CCC6(C)C(=CCC7C8(C)CC(O)C(O)C(C)(CO)C8CCC76C)C5C(C)C4C)C(O)C(O)C3O)C(O)C2O)C(O)C(O)C1O. The van der Waals surface area contributed by atoms with E-state index in [1.54, 1.807) is 0 Å². The van der Waals surface area contributed by atoms with Crippen molar-refractivity contribution >= 4 is 5.97 Å². The van der Waals surface area contributed by atoms with Gasteiger partial charge in [-0.1, -0.05) is 53.2 Å². The summed E-state index contributed by atoms with van der Waals surface area (Å²) >= 11 is 0. The average molecular weight is 959 g/mol. The molecule has 8 rings (SSSR count). The summed E-state index contributed by atoms with van der Waals surface area (Å²) in [7, 11) is 0. The van der Waals surface area contributed by atoms with E-state index in [4.69, 9.17) is 23.7 Å². The maximum Gasteiger partial charge on any atom is 0.310 e. The van der Waals surface area contributed by atoms with Crippen molar-refractivity contribution in [1.29, 1.82) is 0 Å². The first-order valence-electron chi connectivity index (χ1n) is 24.5. The molecular weight excluding hydrogens is 881 g/mol. The molecule has 4 saturated carbocycles. The van der Waals surface area contributed by atoms with E-state index in [9.17, 15) is 71.2 Å². The molecule has 13 N–H and O–H groups in total. The molecule has 3 saturated heterocycles. The van der Waals surface area contributed by atoms with Crippen LogP contribution >= 0.6 is 0 Å². The average Bonchev–Trinajstić information content (AvgIpc) is 3.28. The molecule has 0 spiro atoms. The highest BCUT2D eigenvalue weighted by Gasteiger charge is 2.72. The third-order valence-electron chi connectivity index (χ3n) is 20.2. The molecule has 28 atom stereocenters. The third kappa shape index (κ3) is 7.66. The summed E-state index contributed by atoms with van der Waals surface area (Å²) in [5.74, 6) is -2.41. The first-order chi connectivity index (χ1) is 31.3. The van der Waals surface area contributed by atoms with Crippen LogP contribution in [0.1, 0.15) is 93.4 Å². The van der Waals surface area contributed by atoms with E-state index >= 15 is 0 Å². The molecule has 384 valence electrons. The van der Waals surface area contributed by atoms with Gasteiger partial charge in [0.25, 0.3) is 0 Å². The Kier molecular flexibility index (Phi) is 14.1. The second kappa shape index (κ2) is 18.2. The Labute approximate surface area is 391 Å². The van der Waals surface area contributed by atoms with Crippen LogP contribution in [0.5, 0.6) is 0 Å². The molecule has 19 nitrogen and oxygen atoms in total. The van der Waals surface area contributed by atoms with E-state index in [0.717, 1.165) is 18.4 Å². The summed E-state index contributed by atoms with van der Waals surface area (Å²) in [6.45, 7) is 12.6. The van der Waals surface area contributed by atoms with Crippen LogP contribution in [-0.4, -0.2) is 196 Å². The Morgan fingerprint density at radius 2 is 1.37 bits per heavy atom. The minimum Gasteiger partial charge on any atom is -0.481 e. The zero-order valence-electron chi connectivity index (χ0n) is 39.7. The number of aliphatic hydroxyl groups is 12. The van der Waals surface area contributed by atoms with Crippen molar-refractivity contribution in [3.63, 3.8) is 0 Å². The molecule has 19 heteroatoms. The van der Waals surface area contributed by atoms with Crippen LogP contribution in [0.3, 0.4) is 0 Å². The van der Waals surface area contributed by atoms with Gasteiger partial charge in [0, 0.05) is 5.41 Å². The Balaban J connectivity index is 1.00. The van der Waals surface area contributed by atoms with Crippen LogP contribution in [0.4, 0.5) is 0 Å². The predicted octanol–water partition coefficient (Wildman–Crippen LogP) is -1.22. The highest BCUT2D eigenvalue weighted by molar-refractivity contribution is 5.77. The normalized spacial score (nSPS) is 57.8. The lowest BCUT2D eigenvalue weighted by Gasteiger charge is -2.72. The van der Waals surface area contributed by atoms with Crippen molar-refractivity contribution < 1.29 is 94.9 Å². The van der Waals surface area contributed by atoms with Gasteiger partial charge in [0.15, 0.2) is 12.6 Å². The zero-order chi connectivity index (χ0) is 49.2. The molecule has 0 radical (unpaired) electrons. The first-order valence-corrected chi connectivity index (χ1v) is 24.5. The standard InChI is InChI=1S/C48H78O19/c1-19-20(2)29-23-8-9-28-44(4)15-24(51)40(60)45(5,18-50)27(44)10-11-47(28,7)46(23,6)12-13-48(29,43(61)62)14-22(19)38-34(56)33(55)31(53)26(65-38)17-63-41-37(59)35(57)39(25(16-49)66-41)67-42-36(58)32(54)30(52)21(3)64-42/h8,19-22,24-42,49-60H,9-18H2,1-7H3,(H,61,62). The lowest BCUT2D eigenvalue weighted by molar-refractivity contribution is -0.360. The van der Waals surface area contributed by atoms with Crippen molar-refractivity contribution in [3.05, 3.63) is 11.6 Å². The minimum atomic E-state index is -1.84. The van der Waals surface area contributed by atoms with Gasteiger partial charge in [-0.15, -0.1) is 0 Å². The Morgan fingerprint density at radius 1 is 0.716 bits per heavy atom. The summed E-state index contributed by atoms with van der Waals surface area (Å²) in [6.07, 6.45) is -19.3. The molecule has 0 aromatic rings. The summed E-state index contributed by atoms with van der Waals surface area (Å²) in [5, 5.41) is 142. The van der Waals surface area contributed by atoms with E-state index in [2.05, 4.69) is 26.8 Å². The lowest BCUT2D eigenvalue weighted by atomic mass is 9.33. The molecule has 7 fully saturated rings. The summed E-state index contributed by atoms with van der Waals surface area (Å²) in [5.41, 5.74) is -2.15. The number of ether oxygens (including phenoxy) is 5. The number of carboxylic acids is 1. The van der Waals surface area contributed by atoms with E-state index in [1.165, 1.54) is 6.92 Å². The smallest absolute Gasteiger partial charge is 0.310 e. The van der Waals surface area contributed by atoms with Gasteiger partial charge in [-0.3, -0.25) is 4.79 Å². The van der Waals surface area contributed by atoms with Crippen molar-refractivity contribution in [3.8, 4) is 0 Å². The number of carbonyl (C=O) groups is 1. The number of hydrogen-bond donors (Lipinski definition) is 13.